The highest BCUT2D eigenvalue weighted by Gasteiger charge is 2.19. The Morgan fingerprint density at radius 1 is 1.41 bits per heavy atom. The molecule has 2 rings (SSSR count). The summed E-state index contributed by atoms with van der Waals surface area (Å²) in [4.78, 5) is 12.9. The summed E-state index contributed by atoms with van der Waals surface area (Å²) in [6.45, 7) is 2.65. The van der Waals surface area contributed by atoms with Crippen LogP contribution in [0.1, 0.15) is 10.4 Å². The van der Waals surface area contributed by atoms with Crippen molar-refractivity contribution in [3.8, 4) is 0 Å². The number of halogens is 1. The normalized spacial score (nSPS) is 15.9. The summed E-state index contributed by atoms with van der Waals surface area (Å²) in [5.74, 6) is -1.04. The number of carboxylic acid groups (broad SMARTS) is 1. The van der Waals surface area contributed by atoms with Crippen LogP contribution in [0.4, 0.5) is 11.4 Å². The van der Waals surface area contributed by atoms with E-state index < -0.39 is 5.97 Å². The molecule has 3 N–H and O–H groups in total. The summed E-state index contributed by atoms with van der Waals surface area (Å²) in [5, 5.41) is 9.25. The molecule has 0 amide bonds. The number of ether oxygens (including phenoxy) is 1. The summed E-state index contributed by atoms with van der Waals surface area (Å²) < 4.78 is 5.24. The largest absolute Gasteiger partial charge is 0.478 e. The molecule has 6 heteroatoms. The van der Waals surface area contributed by atoms with Crippen molar-refractivity contribution in [3.63, 3.8) is 0 Å². The molecule has 0 radical (unpaired) electrons. The monoisotopic (exact) mass is 256 g/mol. The second-order valence-electron chi connectivity index (χ2n) is 3.80. The second kappa shape index (κ2) is 4.81. The third-order valence-corrected chi connectivity index (χ3v) is 2.96. The van der Waals surface area contributed by atoms with Gasteiger partial charge in [0.15, 0.2) is 0 Å². The van der Waals surface area contributed by atoms with Crippen LogP contribution in [-0.4, -0.2) is 37.4 Å². The zero-order chi connectivity index (χ0) is 12.4. The molecule has 0 aliphatic carbocycles. The van der Waals surface area contributed by atoms with E-state index in [0.29, 0.717) is 42.7 Å². The molecule has 92 valence electrons. The topological polar surface area (TPSA) is 75.8 Å². The highest BCUT2D eigenvalue weighted by Crippen LogP contribution is 2.34. The molecule has 17 heavy (non-hydrogen) atoms. The Morgan fingerprint density at radius 3 is 2.59 bits per heavy atom. The molecule has 0 spiro atoms. The molecule has 0 bridgehead atoms. The van der Waals surface area contributed by atoms with Gasteiger partial charge >= 0.3 is 5.97 Å². The molecule has 1 aliphatic heterocycles. The molecular weight excluding hydrogens is 244 g/mol. The second-order valence-corrected chi connectivity index (χ2v) is 4.21. The molecule has 0 aromatic heterocycles. The van der Waals surface area contributed by atoms with Crippen molar-refractivity contribution in [3.05, 3.63) is 22.7 Å². The first kappa shape index (κ1) is 12.0. The lowest BCUT2D eigenvalue weighted by Crippen LogP contribution is -2.36. The zero-order valence-electron chi connectivity index (χ0n) is 9.15. The quantitative estimate of drug-likeness (QED) is 0.784. The van der Waals surface area contributed by atoms with E-state index in [1.54, 1.807) is 0 Å². The first-order chi connectivity index (χ1) is 8.09. The maximum absolute atomic E-state index is 10.8. The van der Waals surface area contributed by atoms with E-state index in [0.717, 1.165) is 0 Å². The minimum Gasteiger partial charge on any atom is -0.478 e. The molecule has 0 unspecified atom stereocenters. The summed E-state index contributed by atoms with van der Waals surface area (Å²) in [5.41, 5.74) is 7.04. The highest BCUT2D eigenvalue weighted by atomic mass is 35.5. The molecular formula is C11H13ClN2O3. The lowest BCUT2D eigenvalue weighted by Gasteiger charge is -2.30. The van der Waals surface area contributed by atoms with Gasteiger partial charge in [-0.1, -0.05) is 11.6 Å². The van der Waals surface area contributed by atoms with Gasteiger partial charge in [-0.2, -0.15) is 0 Å². The number of benzene rings is 1. The Kier molecular flexibility index (Phi) is 3.40. The van der Waals surface area contributed by atoms with Crippen molar-refractivity contribution in [2.75, 3.05) is 36.9 Å². The summed E-state index contributed by atoms with van der Waals surface area (Å²) >= 11 is 6.09. The summed E-state index contributed by atoms with van der Waals surface area (Å²) in [6.07, 6.45) is 0. The Labute approximate surface area is 104 Å². The van der Waals surface area contributed by atoms with Gasteiger partial charge in [0.1, 0.15) is 0 Å². The van der Waals surface area contributed by atoms with Crippen molar-refractivity contribution in [2.45, 2.75) is 0 Å². The number of nitrogens with zero attached hydrogens (tertiary/aromatic N) is 1. The molecule has 5 nitrogen and oxygen atoms in total. The van der Waals surface area contributed by atoms with E-state index >= 15 is 0 Å². The van der Waals surface area contributed by atoms with Crippen LogP contribution >= 0.6 is 11.6 Å². The highest BCUT2D eigenvalue weighted by molar-refractivity contribution is 6.34. The Morgan fingerprint density at radius 2 is 2.06 bits per heavy atom. The Hall–Kier alpha value is -1.46. The predicted octanol–water partition coefficient (Wildman–Crippen LogP) is 1.46. The molecule has 1 fully saturated rings. The van der Waals surface area contributed by atoms with Gasteiger partial charge in [-0.25, -0.2) is 4.79 Å². The van der Waals surface area contributed by atoms with Gasteiger partial charge in [-0.15, -0.1) is 0 Å². The minimum atomic E-state index is -1.04. The standard InChI is InChI=1S/C11H13ClN2O3/c12-8-5-7(11(15)16)6-9(13)10(8)14-1-3-17-4-2-14/h5-6H,1-4,13H2,(H,15,16). The number of anilines is 2. The third kappa shape index (κ3) is 2.45. The number of carbonyl (C=O) groups is 1. The van der Waals surface area contributed by atoms with Gasteiger partial charge in [0, 0.05) is 13.1 Å². The molecule has 0 saturated carbocycles. The number of hydrogen-bond donors (Lipinski definition) is 2. The average Bonchev–Trinajstić information content (AvgIpc) is 2.29. The van der Waals surface area contributed by atoms with Crippen LogP contribution in [0.25, 0.3) is 0 Å². The zero-order valence-corrected chi connectivity index (χ0v) is 9.91. The predicted molar refractivity (Wildman–Crippen MR) is 65.9 cm³/mol. The van der Waals surface area contributed by atoms with E-state index in [1.165, 1.54) is 12.1 Å². The summed E-state index contributed by atoms with van der Waals surface area (Å²) in [6, 6.07) is 2.85. The van der Waals surface area contributed by atoms with Gasteiger partial charge in [-0.05, 0) is 12.1 Å². The first-order valence-corrected chi connectivity index (χ1v) is 5.62. The van der Waals surface area contributed by atoms with E-state index in [2.05, 4.69) is 0 Å². The van der Waals surface area contributed by atoms with Crippen LogP contribution in [0.2, 0.25) is 5.02 Å². The lowest BCUT2D eigenvalue weighted by atomic mass is 10.1. The van der Waals surface area contributed by atoms with Crippen LogP contribution in [-0.2, 0) is 4.74 Å². The smallest absolute Gasteiger partial charge is 0.335 e. The van der Waals surface area contributed by atoms with E-state index in [1.807, 2.05) is 4.90 Å². The number of nitrogen functional groups attached to an aromatic ring is 1. The molecule has 1 aliphatic rings. The number of hydrogen-bond acceptors (Lipinski definition) is 4. The van der Waals surface area contributed by atoms with Gasteiger partial charge in [0.2, 0.25) is 0 Å². The van der Waals surface area contributed by atoms with Gasteiger partial charge in [0.25, 0.3) is 0 Å². The van der Waals surface area contributed by atoms with Gasteiger partial charge in [-0.3, -0.25) is 0 Å². The molecule has 0 atom stereocenters. The lowest BCUT2D eigenvalue weighted by molar-refractivity contribution is 0.0697. The van der Waals surface area contributed by atoms with Crippen molar-refractivity contribution >= 4 is 28.9 Å². The van der Waals surface area contributed by atoms with Crippen molar-refractivity contribution in [1.29, 1.82) is 0 Å². The average molecular weight is 257 g/mol. The van der Waals surface area contributed by atoms with Crippen LogP contribution in [0.15, 0.2) is 12.1 Å². The fourth-order valence-electron chi connectivity index (χ4n) is 1.86. The maximum Gasteiger partial charge on any atom is 0.335 e. The fourth-order valence-corrected chi connectivity index (χ4v) is 2.21. The molecule has 1 heterocycles. The number of rotatable bonds is 2. The fraction of sp³-hybridized carbons (Fsp3) is 0.364. The molecule has 1 aromatic carbocycles. The summed E-state index contributed by atoms with van der Waals surface area (Å²) in [7, 11) is 0. The van der Waals surface area contributed by atoms with E-state index in [-0.39, 0.29) is 5.56 Å². The number of aromatic carboxylic acids is 1. The van der Waals surface area contributed by atoms with Crippen LogP contribution < -0.4 is 10.6 Å². The first-order valence-electron chi connectivity index (χ1n) is 5.24. The number of nitrogens with two attached hydrogens (primary N) is 1. The van der Waals surface area contributed by atoms with Crippen molar-refractivity contribution < 1.29 is 14.6 Å². The number of carboxylic acids is 1. The molecule has 1 aromatic rings. The van der Waals surface area contributed by atoms with E-state index in [9.17, 15) is 4.79 Å². The number of morpholine rings is 1. The van der Waals surface area contributed by atoms with Crippen molar-refractivity contribution in [1.82, 2.24) is 0 Å². The maximum atomic E-state index is 10.8. The SMILES string of the molecule is Nc1cc(C(=O)O)cc(Cl)c1N1CCOCC1. The Bertz CT molecular complexity index is 421. The van der Waals surface area contributed by atoms with Crippen LogP contribution in [0, 0.1) is 0 Å². The Balaban J connectivity index is 2.37. The third-order valence-electron chi connectivity index (χ3n) is 2.67. The van der Waals surface area contributed by atoms with Gasteiger partial charge in [0.05, 0.1) is 35.2 Å². The van der Waals surface area contributed by atoms with Crippen LogP contribution in [0.3, 0.4) is 0 Å². The van der Waals surface area contributed by atoms with E-state index in [4.69, 9.17) is 27.2 Å². The van der Waals surface area contributed by atoms with Gasteiger partial charge < -0.3 is 20.5 Å². The van der Waals surface area contributed by atoms with Crippen molar-refractivity contribution in [2.24, 2.45) is 0 Å². The molecule has 1 saturated heterocycles. The minimum absolute atomic E-state index is 0.101. The van der Waals surface area contributed by atoms with Crippen LogP contribution in [0.5, 0.6) is 0 Å².